The van der Waals surface area contributed by atoms with Gasteiger partial charge >= 0.3 is 0 Å². The number of para-hydroxylation sites is 1. The number of methoxy groups -OCH3 is 1. The molecule has 0 unspecified atom stereocenters. The highest BCUT2D eigenvalue weighted by molar-refractivity contribution is 6.02. The number of ether oxygens (including phenoxy) is 1. The summed E-state index contributed by atoms with van der Waals surface area (Å²) in [4.78, 5) is 32.5. The van der Waals surface area contributed by atoms with E-state index in [0.717, 1.165) is 25.9 Å². The van der Waals surface area contributed by atoms with Crippen LogP contribution < -0.4 is 21.5 Å². The van der Waals surface area contributed by atoms with Gasteiger partial charge in [0.05, 0.1) is 29.1 Å². The van der Waals surface area contributed by atoms with Crippen LogP contribution in [0, 0.1) is 10.1 Å². The summed E-state index contributed by atoms with van der Waals surface area (Å²) < 4.78 is 9.11. The average molecular weight is 528 g/mol. The van der Waals surface area contributed by atoms with Crippen LogP contribution >= 0.6 is 0 Å². The first-order valence-corrected chi connectivity index (χ1v) is 12.4. The molecule has 0 spiro atoms. The lowest BCUT2D eigenvalue weighted by Gasteiger charge is -2.23. The van der Waals surface area contributed by atoms with E-state index in [2.05, 4.69) is 15.3 Å². The minimum atomic E-state index is -0.733. The van der Waals surface area contributed by atoms with Crippen molar-refractivity contribution >= 4 is 39.3 Å². The summed E-state index contributed by atoms with van der Waals surface area (Å²) in [7, 11) is 1.48. The number of rotatable bonds is 6. The Labute approximate surface area is 221 Å². The number of carbonyl (C=O) groups excluding carboxylic acids is 1. The number of nitro groups is 1. The van der Waals surface area contributed by atoms with Gasteiger partial charge < -0.3 is 21.5 Å². The zero-order chi connectivity index (χ0) is 27.3. The second kappa shape index (κ2) is 9.36. The number of fused-ring (bicyclic) bond motifs is 2. The maximum Gasteiger partial charge on any atom is 0.293 e. The first-order valence-electron chi connectivity index (χ1n) is 12.4. The molecule has 5 aromatic rings. The second-order valence-corrected chi connectivity index (χ2v) is 9.32. The van der Waals surface area contributed by atoms with Crippen molar-refractivity contribution in [3.05, 3.63) is 64.6 Å². The third kappa shape index (κ3) is 3.90. The van der Waals surface area contributed by atoms with Gasteiger partial charge in [-0.2, -0.15) is 5.10 Å². The Balaban J connectivity index is 1.57. The number of nitrogens with zero attached hydrogens (tertiary/aromatic N) is 6. The summed E-state index contributed by atoms with van der Waals surface area (Å²) in [6.07, 6.45) is 3.23. The zero-order valence-electron chi connectivity index (χ0n) is 21.0. The van der Waals surface area contributed by atoms with Crippen LogP contribution in [-0.4, -0.2) is 55.3 Å². The van der Waals surface area contributed by atoms with Crippen LogP contribution in [0.25, 0.3) is 38.9 Å². The van der Waals surface area contributed by atoms with Crippen LogP contribution in [0.5, 0.6) is 5.75 Å². The van der Waals surface area contributed by atoms with Crippen LogP contribution in [0.3, 0.4) is 0 Å². The molecule has 4 heterocycles. The third-order valence-corrected chi connectivity index (χ3v) is 7.12. The van der Waals surface area contributed by atoms with Crippen LogP contribution in [0.4, 0.5) is 11.5 Å². The smallest absolute Gasteiger partial charge is 0.293 e. The molecule has 2 aromatic carbocycles. The standard InChI is InChI=1S/C26H25N9O4/c1-39-20-12-14(22-21-24(27)30-13-31-26(21)34(32-22)16-7-9-29-10-8-16)5-6-17(20)33-19(25(28)36)11-15-3-2-4-18(23(15)33)35(37)38/h2-6,11-13,16,29H,7-10H2,1H3,(H2,28,36)(H2,27,30,31). The van der Waals surface area contributed by atoms with Gasteiger partial charge in [-0.3, -0.25) is 19.5 Å². The van der Waals surface area contributed by atoms with Crippen molar-refractivity contribution in [3.63, 3.8) is 0 Å². The molecular formula is C26H25N9O4. The number of benzene rings is 2. The van der Waals surface area contributed by atoms with Crippen molar-refractivity contribution in [1.82, 2.24) is 29.6 Å². The van der Waals surface area contributed by atoms with Crippen molar-refractivity contribution in [1.29, 1.82) is 0 Å². The van der Waals surface area contributed by atoms with E-state index >= 15 is 0 Å². The molecule has 1 amide bonds. The van der Waals surface area contributed by atoms with Gasteiger partial charge in [-0.15, -0.1) is 0 Å². The quantitative estimate of drug-likeness (QED) is 0.221. The van der Waals surface area contributed by atoms with E-state index in [0.29, 0.717) is 44.9 Å². The Morgan fingerprint density at radius 2 is 1.97 bits per heavy atom. The highest BCUT2D eigenvalue weighted by Gasteiger charge is 2.27. The van der Waals surface area contributed by atoms with Gasteiger partial charge in [0.25, 0.3) is 11.6 Å². The number of nitrogens with two attached hydrogens (primary N) is 2. The summed E-state index contributed by atoms with van der Waals surface area (Å²) in [5.74, 6) is -0.0739. The fourth-order valence-corrected chi connectivity index (χ4v) is 5.33. The minimum Gasteiger partial charge on any atom is -0.495 e. The summed E-state index contributed by atoms with van der Waals surface area (Å²) >= 11 is 0. The van der Waals surface area contributed by atoms with Crippen LogP contribution in [0.1, 0.15) is 29.4 Å². The molecule has 0 aliphatic carbocycles. The third-order valence-electron chi connectivity index (χ3n) is 7.12. The number of anilines is 1. The van der Waals surface area contributed by atoms with Crippen molar-refractivity contribution < 1.29 is 14.5 Å². The van der Waals surface area contributed by atoms with Crippen LogP contribution in [0.2, 0.25) is 0 Å². The monoisotopic (exact) mass is 527 g/mol. The predicted octanol–water partition coefficient (Wildman–Crippen LogP) is 2.96. The number of piperidine rings is 1. The van der Waals surface area contributed by atoms with E-state index in [-0.39, 0.29) is 22.9 Å². The molecule has 0 atom stereocenters. The molecule has 1 fully saturated rings. The van der Waals surface area contributed by atoms with E-state index in [1.54, 1.807) is 30.3 Å². The van der Waals surface area contributed by atoms with Gasteiger partial charge in [0, 0.05) is 17.0 Å². The number of amides is 1. The summed E-state index contributed by atoms with van der Waals surface area (Å²) in [6.45, 7) is 1.76. The van der Waals surface area contributed by atoms with E-state index in [1.807, 2.05) is 4.68 Å². The lowest BCUT2D eigenvalue weighted by atomic mass is 10.1. The molecule has 1 aliphatic rings. The largest absolute Gasteiger partial charge is 0.495 e. The molecule has 6 rings (SSSR count). The summed E-state index contributed by atoms with van der Waals surface area (Å²) in [6, 6.07) is 11.6. The Hall–Kier alpha value is -5.04. The SMILES string of the molecule is COc1cc(-c2nn(C3CCNCC3)c3ncnc(N)c23)ccc1-n1c(C(N)=O)cc2cccc([N+](=O)[O-])c21. The summed E-state index contributed by atoms with van der Waals surface area (Å²) in [5.41, 5.74) is 14.5. The molecule has 13 heteroatoms. The molecule has 3 aromatic heterocycles. The molecule has 0 radical (unpaired) electrons. The Morgan fingerprint density at radius 3 is 2.69 bits per heavy atom. The normalized spacial score (nSPS) is 14.2. The first-order chi connectivity index (χ1) is 18.9. The number of primary amides is 1. The lowest BCUT2D eigenvalue weighted by molar-refractivity contribution is -0.383. The number of nitro benzene ring substituents is 1. The second-order valence-electron chi connectivity index (χ2n) is 9.32. The molecule has 0 bridgehead atoms. The number of nitrogen functional groups attached to an aromatic ring is 1. The molecule has 1 aliphatic heterocycles. The minimum absolute atomic E-state index is 0.0867. The van der Waals surface area contributed by atoms with Crippen molar-refractivity contribution in [2.75, 3.05) is 25.9 Å². The zero-order valence-corrected chi connectivity index (χ0v) is 21.0. The number of aromatic nitrogens is 5. The fraction of sp³-hybridized carbons (Fsp3) is 0.231. The molecule has 0 saturated carbocycles. The first kappa shape index (κ1) is 24.3. The van der Waals surface area contributed by atoms with Crippen molar-refractivity contribution in [2.45, 2.75) is 18.9 Å². The topological polar surface area (TPSA) is 182 Å². The lowest BCUT2D eigenvalue weighted by Crippen LogP contribution is -2.30. The Kier molecular flexibility index (Phi) is 5.84. The van der Waals surface area contributed by atoms with Crippen LogP contribution in [-0.2, 0) is 0 Å². The maximum absolute atomic E-state index is 12.4. The predicted molar refractivity (Wildman–Crippen MR) is 145 cm³/mol. The molecular weight excluding hydrogens is 502 g/mol. The Morgan fingerprint density at radius 1 is 1.18 bits per heavy atom. The molecule has 39 heavy (non-hydrogen) atoms. The number of hydrogen-bond donors (Lipinski definition) is 3. The van der Waals surface area contributed by atoms with Gasteiger partial charge in [0.2, 0.25) is 0 Å². The highest BCUT2D eigenvalue weighted by atomic mass is 16.6. The van der Waals surface area contributed by atoms with Gasteiger partial charge in [-0.05, 0) is 44.1 Å². The summed E-state index contributed by atoms with van der Waals surface area (Å²) in [5, 5.41) is 21.3. The molecule has 5 N–H and O–H groups in total. The maximum atomic E-state index is 12.4. The average Bonchev–Trinajstić information content (AvgIpc) is 3.53. The molecule has 1 saturated heterocycles. The van der Waals surface area contributed by atoms with Gasteiger partial charge in [0.1, 0.15) is 34.8 Å². The van der Waals surface area contributed by atoms with Crippen molar-refractivity contribution in [3.8, 4) is 22.7 Å². The fourth-order valence-electron chi connectivity index (χ4n) is 5.33. The van der Waals surface area contributed by atoms with E-state index in [1.165, 1.54) is 30.1 Å². The van der Waals surface area contributed by atoms with Crippen molar-refractivity contribution in [2.24, 2.45) is 5.73 Å². The number of hydrogen-bond acceptors (Lipinski definition) is 9. The van der Waals surface area contributed by atoms with E-state index in [9.17, 15) is 14.9 Å². The van der Waals surface area contributed by atoms with E-state index < -0.39 is 10.8 Å². The molecule has 13 nitrogen and oxygen atoms in total. The Bertz CT molecular complexity index is 1770. The van der Waals surface area contributed by atoms with Gasteiger partial charge in [-0.1, -0.05) is 18.2 Å². The number of non-ortho nitro benzene ring substituents is 1. The molecule has 198 valence electrons. The van der Waals surface area contributed by atoms with E-state index in [4.69, 9.17) is 21.3 Å². The van der Waals surface area contributed by atoms with Gasteiger partial charge in [-0.25, -0.2) is 14.6 Å². The van der Waals surface area contributed by atoms with Crippen LogP contribution in [0.15, 0.2) is 48.8 Å². The highest BCUT2D eigenvalue weighted by Crippen LogP contribution is 2.39. The van der Waals surface area contributed by atoms with Gasteiger partial charge in [0.15, 0.2) is 5.65 Å². The number of carbonyl (C=O) groups is 1. The number of nitrogens with one attached hydrogen (secondary N) is 1.